The second-order valence-electron chi connectivity index (χ2n) is 6.75. The van der Waals surface area contributed by atoms with Gasteiger partial charge in [-0.1, -0.05) is 66.7 Å². The number of nitrogens with zero attached hydrogens (tertiary/aromatic N) is 1. The van der Waals surface area contributed by atoms with Gasteiger partial charge in [0.2, 0.25) is 0 Å². The van der Waals surface area contributed by atoms with Crippen molar-refractivity contribution in [3.05, 3.63) is 91.0 Å². The molecule has 0 aliphatic rings. The molecule has 0 saturated carbocycles. The third-order valence-electron chi connectivity index (χ3n) is 5.31. The van der Waals surface area contributed by atoms with Crippen molar-refractivity contribution < 1.29 is 0 Å². The zero-order chi connectivity index (χ0) is 17.1. The molecule has 6 rings (SSSR count). The van der Waals surface area contributed by atoms with Crippen molar-refractivity contribution in [2.24, 2.45) is 0 Å². The van der Waals surface area contributed by atoms with E-state index in [-0.39, 0.29) is 0 Å². The molecule has 2 aromatic heterocycles. The first-order chi connectivity index (χ1) is 12.9. The minimum Gasteiger partial charge on any atom is -0.353 e. The molecule has 0 fully saturated rings. The Kier molecular flexibility index (Phi) is 2.64. The summed E-state index contributed by atoms with van der Waals surface area (Å²) in [5.74, 6) is 0. The Morgan fingerprint density at radius 2 is 1.35 bits per heavy atom. The SMILES string of the molecule is c1ccc(-n2c3ccccc3c3[nH]c4ccc5ccccc5c4c32)cc1. The van der Waals surface area contributed by atoms with Gasteiger partial charge in [0.1, 0.15) is 0 Å². The number of hydrogen-bond acceptors (Lipinski definition) is 0. The first-order valence-electron chi connectivity index (χ1n) is 8.90. The van der Waals surface area contributed by atoms with Gasteiger partial charge in [-0.2, -0.15) is 0 Å². The summed E-state index contributed by atoms with van der Waals surface area (Å²) >= 11 is 0. The number of para-hydroxylation sites is 2. The second-order valence-corrected chi connectivity index (χ2v) is 6.75. The summed E-state index contributed by atoms with van der Waals surface area (Å²) in [6.45, 7) is 0. The third kappa shape index (κ3) is 1.71. The van der Waals surface area contributed by atoms with E-state index < -0.39 is 0 Å². The van der Waals surface area contributed by atoms with Gasteiger partial charge in [0.25, 0.3) is 0 Å². The third-order valence-corrected chi connectivity index (χ3v) is 5.31. The zero-order valence-electron chi connectivity index (χ0n) is 14.1. The van der Waals surface area contributed by atoms with E-state index in [1.54, 1.807) is 0 Å². The number of rotatable bonds is 1. The minimum atomic E-state index is 1.18. The van der Waals surface area contributed by atoms with Crippen molar-refractivity contribution >= 4 is 43.6 Å². The van der Waals surface area contributed by atoms with Crippen LogP contribution in [-0.4, -0.2) is 9.55 Å². The minimum absolute atomic E-state index is 1.18. The van der Waals surface area contributed by atoms with Gasteiger partial charge in [0, 0.05) is 22.0 Å². The van der Waals surface area contributed by atoms with E-state index in [1.807, 2.05) is 0 Å². The number of aromatic nitrogens is 2. The van der Waals surface area contributed by atoms with Crippen molar-refractivity contribution in [1.82, 2.24) is 9.55 Å². The van der Waals surface area contributed by atoms with Crippen LogP contribution >= 0.6 is 0 Å². The molecule has 0 aliphatic carbocycles. The summed E-state index contributed by atoms with van der Waals surface area (Å²) in [6.07, 6.45) is 0. The van der Waals surface area contributed by atoms with E-state index in [9.17, 15) is 0 Å². The van der Waals surface area contributed by atoms with Gasteiger partial charge in [-0.25, -0.2) is 0 Å². The molecular formula is C24H16N2. The van der Waals surface area contributed by atoms with Gasteiger partial charge < -0.3 is 9.55 Å². The molecule has 2 heterocycles. The summed E-state index contributed by atoms with van der Waals surface area (Å²) in [5.41, 5.74) is 6.06. The highest BCUT2D eigenvalue weighted by atomic mass is 15.0. The average Bonchev–Trinajstić information content (AvgIpc) is 3.23. The Hall–Kier alpha value is -3.52. The first kappa shape index (κ1) is 13.7. The lowest BCUT2D eigenvalue weighted by Crippen LogP contribution is -1.93. The number of fused-ring (bicyclic) bond motifs is 7. The van der Waals surface area contributed by atoms with Gasteiger partial charge in [-0.15, -0.1) is 0 Å². The number of H-pyrrole nitrogens is 1. The van der Waals surface area contributed by atoms with Crippen LogP contribution in [0.1, 0.15) is 0 Å². The highest BCUT2D eigenvalue weighted by Gasteiger charge is 2.18. The maximum Gasteiger partial charge on any atom is 0.0804 e. The molecule has 0 amide bonds. The Bertz CT molecular complexity index is 1420. The topological polar surface area (TPSA) is 20.7 Å². The van der Waals surface area contributed by atoms with Gasteiger partial charge in [0.15, 0.2) is 0 Å². The van der Waals surface area contributed by atoms with Gasteiger partial charge >= 0.3 is 0 Å². The van der Waals surface area contributed by atoms with Crippen LogP contribution in [0.4, 0.5) is 0 Å². The molecule has 26 heavy (non-hydrogen) atoms. The molecule has 0 spiro atoms. The molecule has 0 atom stereocenters. The maximum absolute atomic E-state index is 3.68. The van der Waals surface area contributed by atoms with Crippen LogP contribution in [0.5, 0.6) is 0 Å². The molecule has 1 N–H and O–H groups in total. The van der Waals surface area contributed by atoms with Crippen molar-refractivity contribution in [1.29, 1.82) is 0 Å². The lowest BCUT2D eigenvalue weighted by atomic mass is 10.1. The van der Waals surface area contributed by atoms with Gasteiger partial charge in [-0.3, -0.25) is 0 Å². The number of aromatic amines is 1. The van der Waals surface area contributed by atoms with Crippen molar-refractivity contribution in [3.63, 3.8) is 0 Å². The summed E-state index contributed by atoms with van der Waals surface area (Å²) in [6, 6.07) is 32.3. The van der Waals surface area contributed by atoms with Crippen LogP contribution in [0.2, 0.25) is 0 Å². The molecule has 122 valence electrons. The van der Waals surface area contributed by atoms with Crippen molar-refractivity contribution in [2.75, 3.05) is 0 Å². The molecule has 6 aromatic rings. The molecule has 2 heteroatoms. The van der Waals surface area contributed by atoms with E-state index in [0.717, 1.165) is 0 Å². The van der Waals surface area contributed by atoms with Crippen LogP contribution in [0.3, 0.4) is 0 Å². The number of hydrogen-bond donors (Lipinski definition) is 1. The van der Waals surface area contributed by atoms with Crippen LogP contribution in [0.15, 0.2) is 91.0 Å². The van der Waals surface area contributed by atoms with Crippen molar-refractivity contribution in [3.8, 4) is 5.69 Å². The average molecular weight is 332 g/mol. The number of nitrogens with one attached hydrogen (secondary N) is 1. The molecule has 4 aromatic carbocycles. The maximum atomic E-state index is 3.68. The van der Waals surface area contributed by atoms with Crippen LogP contribution in [-0.2, 0) is 0 Å². The normalized spacial score (nSPS) is 11.8. The quantitative estimate of drug-likeness (QED) is 0.359. The first-order valence-corrected chi connectivity index (χ1v) is 8.90. The standard InChI is InChI=1S/C24H16N2/c1-2-9-17(10-3-1)26-21-13-7-6-12-19(21)23-24(26)22-18-11-5-4-8-16(18)14-15-20(22)25-23/h1-15,25H. The summed E-state index contributed by atoms with van der Waals surface area (Å²) in [5, 5.41) is 5.10. The predicted octanol–water partition coefficient (Wildman–Crippen LogP) is 6.42. The lowest BCUT2D eigenvalue weighted by molar-refractivity contribution is 1.19. The molecule has 0 radical (unpaired) electrons. The summed E-state index contributed by atoms with van der Waals surface area (Å²) < 4.78 is 2.38. The second kappa shape index (κ2) is 4.99. The van der Waals surface area contributed by atoms with E-state index in [2.05, 4.69) is 101 Å². The number of benzene rings is 4. The van der Waals surface area contributed by atoms with E-state index >= 15 is 0 Å². The Morgan fingerprint density at radius 1 is 0.615 bits per heavy atom. The fourth-order valence-electron chi connectivity index (χ4n) is 4.21. The Labute approximate surface area is 150 Å². The monoisotopic (exact) mass is 332 g/mol. The van der Waals surface area contributed by atoms with Gasteiger partial charge in [0.05, 0.1) is 16.6 Å². The van der Waals surface area contributed by atoms with Crippen molar-refractivity contribution in [2.45, 2.75) is 0 Å². The molecule has 0 saturated heterocycles. The molecule has 0 bridgehead atoms. The summed E-state index contributed by atoms with van der Waals surface area (Å²) in [4.78, 5) is 3.68. The predicted molar refractivity (Wildman–Crippen MR) is 110 cm³/mol. The van der Waals surface area contributed by atoms with Crippen LogP contribution in [0, 0.1) is 0 Å². The highest BCUT2D eigenvalue weighted by Crippen LogP contribution is 2.39. The molecular weight excluding hydrogens is 316 g/mol. The van der Waals surface area contributed by atoms with E-state index in [0.29, 0.717) is 0 Å². The molecule has 0 aliphatic heterocycles. The molecule has 0 unspecified atom stereocenters. The Morgan fingerprint density at radius 3 is 2.23 bits per heavy atom. The van der Waals surface area contributed by atoms with Crippen LogP contribution < -0.4 is 0 Å². The Balaban J connectivity index is 1.95. The van der Waals surface area contributed by atoms with E-state index in [4.69, 9.17) is 0 Å². The largest absolute Gasteiger partial charge is 0.353 e. The molecule has 2 nitrogen and oxygen atoms in total. The summed E-state index contributed by atoms with van der Waals surface area (Å²) in [7, 11) is 0. The van der Waals surface area contributed by atoms with Crippen LogP contribution in [0.25, 0.3) is 49.3 Å². The smallest absolute Gasteiger partial charge is 0.0804 e. The fourth-order valence-corrected chi connectivity index (χ4v) is 4.21. The van der Waals surface area contributed by atoms with E-state index in [1.165, 1.54) is 49.3 Å². The lowest BCUT2D eigenvalue weighted by Gasteiger charge is -2.08. The zero-order valence-corrected chi connectivity index (χ0v) is 14.1. The highest BCUT2D eigenvalue weighted by molar-refractivity contribution is 6.25. The van der Waals surface area contributed by atoms with Gasteiger partial charge in [-0.05, 0) is 35.0 Å². The fraction of sp³-hybridized carbons (Fsp3) is 0.